The number of β-amino-alcohol motifs (C(OH)–C–C–N with tert-alkyl or cyclic N) is 1. The molecule has 1 aliphatic heterocycles. The number of aliphatic hydroxyl groups excluding tert-OH is 1. The molecule has 3 heterocycles. The van der Waals surface area contributed by atoms with Crippen LogP contribution in [0.15, 0.2) is 42.6 Å². The molecule has 24 heavy (non-hydrogen) atoms. The Bertz CT molecular complexity index is 759. The van der Waals surface area contributed by atoms with Crippen LogP contribution in [0, 0.1) is 11.3 Å². The minimum atomic E-state index is -0.723. The van der Waals surface area contributed by atoms with Gasteiger partial charge >= 0.3 is 0 Å². The fraction of sp³-hybridized carbons (Fsp3) is 0.294. The Morgan fingerprint density at radius 1 is 1.33 bits per heavy atom. The Labute approximate surface area is 139 Å². The summed E-state index contributed by atoms with van der Waals surface area (Å²) in [6.45, 7) is 0.743. The van der Waals surface area contributed by atoms with E-state index < -0.39 is 6.10 Å². The van der Waals surface area contributed by atoms with Crippen molar-refractivity contribution in [3.8, 4) is 6.07 Å². The molecule has 2 N–H and O–H groups in total. The normalized spacial score (nSPS) is 20.2. The van der Waals surface area contributed by atoms with Crippen molar-refractivity contribution < 1.29 is 9.90 Å². The van der Waals surface area contributed by atoms with E-state index in [0.29, 0.717) is 30.2 Å². The van der Waals surface area contributed by atoms with Crippen LogP contribution in [-0.4, -0.2) is 51.1 Å². The highest BCUT2D eigenvalue weighted by Gasteiger charge is 2.31. The number of nitrogens with zero attached hydrogens (tertiary/aromatic N) is 4. The molecule has 2 aromatic heterocycles. The standard InChI is InChI=1S/C17H17N5O2/c18-10-12-4-3-6-16(20-12)21-13-7-9-22(11-15(13)23)17(24)14-5-1-2-8-19-14/h1-6,8,13,15,23H,7,9,11H2,(H,20,21)/t13-,15-/m0/s1. The first-order valence-corrected chi connectivity index (χ1v) is 7.69. The minimum absolute atomic E-state index is 0.183. The molecule has 1 fully saturated rings. The molecule has 0 aromatic carbocycles. The van der Waals surface area contributed by atoms with Crippen LogP contribution in [-0.2, 0) is 0 Å². The second-order valence-corrected chi connectivity index (χ2v) is 5.59. The molecule has 7 nitrogen and oxygen atoms in total. The first-order chi connectivity index (χ1) is 11.7. The van der Waals surface area contributed by atoms with Crippen LogP contribution in [0.2, 0.25) is 0 Å². The van der Waals surface area contributed by atoms with Crippen molar-refractivity contribution in [1.29, 1.82) is 5.26 Å². The van der Waals surface area contributed by atoms with E-state index in [4.69, 9.17) is 5.26 Å². The zero-order valence-electron chi connectivity index (χ0n) is 13.0. The third-order valence-electron chi connectivity index (χ3n) is 3.95. The van der Waals surface area contributed by atoms with E-state index in [1.54, 1.807) is 47.5 Å². The van der Waals surface area contributed by atoms with E-state index in [1.807, 2.05) is 6.07 Å². The van der Waals surface area contributed by atoms with E-state index in [0.717, 1.165) is 0 Å². The molecular formula is C17H17N5O2. The van der Waals surface area contributed by atoms with Gasteiger partial charge in [0.15, 0.2) is 0 Å². The van der Waals surface area contributed by atoms with Gasteiger partial charge in [0, 0.05) is 19.3 Å². The minimum Gasteiger partial charge on any atom is -0.389 e. The van der Waals surface area contributed by atoms with Crippen molar-refractivity contribution in [2.75, 3.05) is 18.4 Å². The number of carbonyl (C=O) groups excluding carboxylic acids is 1. The lowest BCUT2D eigenvalue weighted by Crippen LogP contribution is -2.51. The number of nitriles is 1. The number of carbonyl (C=O) groups is 1. The smallest absolute Gasteiger partial charge is 0.272 e. The maximum absolute atomic E-state index is 12.4. The Balaban J connectivity index is 1.63. The predicted octanol–water partition coefficient (Wildman–Crippen LogP) is 1.04. The lowest BCUT2D eigenvalue weighted by Gasteiger charge is -2.36. The molecule has 0 spiro atoms. The maximum Gasteiger partial charge on any atom is 0.272 e. The van der Waals surface area contributed by atoms with Gasteiger partial charge in [-0.25, -0.2) is 4.98 Å². The summed E-state index contributed by atoms with van der Waals surface area (Å²) in [7, 11) is 0. The van der Waals surface area contributed by atoms with Gasteiger partial charge in [-0.05, 0) is 30.7 Å². The monoisotopic (exact) mass is 323 g/mol. The average Bonchev–Trinajstić information content (AvgIpc) is 2.63. The summed E-state index contributed by atoms with van der Waals surface area (Å²) in [6, 6.07) is 12.0. The number of amides is 1. The molecule has 1 saturated heterocycles. The highest BCUT2D eigenvalue weighted by atomic mass is 16.3. The van der Waals surface area contributed by atoms with Crippen molar-refractivity contribution in [2.24, 2.45) is 0 Å². The second-order valence-electron chi connectivity index (χ2n) is 5.59. The van der Waals surface area contributed by atoms with Crippen LogP contribution in [0.3, 0.4) is 0 Å². The summed E-state index contributed by atoms with van der Waals surface area (Å²) in [5, 5.41) is 22.4. The summed E-state index contributed by atoms with van der Waals surface area (Å²) in [4.78, 5) is 22.2. The van der Waals surface area contributed by atoms with E-state index in [-0.39, 0.29) is 18.5 Å². The summed E-state index contributed by atoms with van der Waals surface area (Å²) < 4.78 is 0. The van der Waals surface area contributed by atoms with E-state index in [1.165, 1.54) is 0 Å². The average molecular weight is 323 g/mol. The Morgan fingerprint density at radius 3 is 2.92 bits per heavy atom. The van der Waals surface area contributed by atoms with Gasteiger partial charge in [0.05, 0.1) is 12.1 Å². The molecule has 122 valence electrons. The van der Waals surface area contributed by atoms with E-state index in [9.17, 15) is 9.90 Å². The van der Waals surface area contributed by atoms with Crippen molar-refractivity contribution in [2.45, 2.75) is 18.6 Å². The van der Waals surface area contributed by atoms with Crippen LogP contribution in [0.1, 0.15) is 22.6 Å². The van der Waals surface area contributed by atoms with Gasteiger partial charge in [0.1, 0.15) is 23.3 Å². The fourth-order valence-corrected chi connectivity index (χ4v) is 2.70. The van der Waals surface area contributed by atoms with Crippen LogP contribution in [0.5, 0.6) is 0 Å². The second kappa shape index (κ2) is 7.06. The number of pyridine rings is 2. The lowest BCUT2D eigenvalue weighted by molar-refractivity contribution is 0.0421. The molecule has 7 heteroatoms. The molecule has 2 aromatic rings. The third kappa shape index (κ3) is 3.50. The maximum atomic E-state index is 12.4. The molecule has 0 aliphatic carbocycles. The number of aliphatic hydroxyl groups is 1. The highest BCUT2D eigenvalue weighted by molar-refractivity contribution is 5.92. The van der Waals surface area contributed by atoms with Crippen LogP contribution < -0.4 is 5.32 Å². The molecule has 0 radical (unpaired) electrons. The summed E-state index contributed by atoms with van der Waals surface area (Å²) in [5.74, 6) is 0.361. The number of nitrogens with one attached hydrogen (secondary N) is 1. The largest absolute Gasteiger partial charge is 0.389 e. The summed E-state index contributed by atoms with van der Waals surface area (Å²) in [6.07, 6.45) is 1.43. The Kier molecular flexibility index (Phi) is 4.68. The number of hydrogen-bond acceptors (Lipinski definition) is 6. The Hall–Kier alpha value is -2.98. The van der Waals surface area contributed by atoms with E-state index in [2.05, 4.69) is 15.3 Å². The number of likely N-dealkylation sites (tertiary alicyclic amines) is 1. The van der Waals surface area contributed by atoms with Gasteiger partial charge in [0.2, 0.25) is 0 Å². The molecule has 1 amide bonds. The number of rotatable bonds is 3. The molecular weight excluding hydrogens is 306 g/mol. The first kappa shape index (κ1) is 15.9. The third-order valence-corrected chi connectivity index (χ3v) is 3.95. The van der Waals surface area contributed by atoms with Crippen molar-refractivity contribution in [3.63, 3.8) is 0 Å². The number of anilines is 1. The van der Waals surface area contributed by atoms with Crippen LogP contribution >= 0.6 is 0 Å². The van der Waals surface area contributed by atoms with Gasteiger partial charge in [-0.15, -0.1) is 0 Å². The summed E-state index contributed by atoms with van der Waals surface area (Å²) >= 11 is 0. The van der Waals surface area contributed by atoms with E-state index >= 15 is 0 Å². The molecule has 1 aliphatic rings. The zero-order valence-corrected chi connectivity index (χ0v) is 13.0. The van der Waals surface area contributed by atoms with Crippen LogP contribution in [0.4, 0.5) is 5.82 Å². The zero-order chi connectivity index (χ0) is 16.9. The molecule has 2 atom stereocenters. The van der Waals surface area contributed by atoms with Gasteiger partial charge in [-0.2, -0.15) is 5.26 Å². The quantitative estimate of drug-likeness (QED) is 0.875. The number of aromatic nitrogens is 2. The van der Waals surface area contributed by atoms with Crippen molar-refractivity contribution in [3.05, 3.63) is 54.0 Å². The first-order valence-electron chi connectivity index (χ1n) is 7.69. The Morgan fingerprint density at radius 2 is 2.21 bits per heavy atom. The number of piperidine rings is 1. The van der Waals surface area contributed by atoms with Gasteiger partial charge in [0.25, 0.3) is 5.91 Å². The molecule has 0 saturated carbocycles. The molecule has 0 unspecified atom stereocenters. The molecule has 0 bridgehead atoms. The summed E-state index contributed by atoms with van der Waals surface area (Å²) in [5.41, 5.74) is 0.691. The fourth-order valence-electron chi connectivity index (χ4n) is 2.70. The van der Waals surface area contributed by atoms with Gasteiger partial charge in [-0.3, -0.25) is 9.78 Å². The number of hydrogen-bond donors (Lipinski definition) is 2. The van der Waals surface area contributed by atoms with Crippen molar-refractivity contribution in [1.82, 2.24) is 14.9 Å². The molecule has 3 rings (SSSR count). The van der Waals surface area contributed by atoms with Gasteiger partial charge < -0.3 is 15.3 Å². The van der Waals surface area contributed by atoms with Crippen LogP contribution in [0.25, 0.3) is 0 Å². The van der Waals surface area contributed by atoms with Gasteiger partial charge in [-0.1, -0.05) is 12.1 Å². The predicted molar refractivity (Wildman–Crippen MR) is 87.1 cm³/mol. The van der Waals surface area contributed by atoms with Crippen molar-refractivity contribution >= 4 is 11.7 Å². The topological polar surface area (TPSA) is 102 Å². The lowest BCUT2D eigenvalue weighted by atomic mass is 10.0. The SMILES string of the molecule is N#Cc1cccc(N[C@H]2CCN(C(=O)c3ccccn3)C[C@@H]2O)n1. The highest BCUT2D eigenvalue weighted by Crippen LogP contribution is 2.17.